The van der Waals surface area contributed by atoms with E-state index in [-0.39, 0.29) is 11.9 Å². The summed E-state index contributed by atoms with van der Waals surface area (Å²) in [5, 5.41) is 5.71. The molecule has 3 rings (SSSR count). The molecular weight excluding hydrogens is 354 g/mol. The highest BCUT2D eigenvalue weighted by Crippen LogP contribution is 2.22. The lowest BCUT2D eigenvalue weighted by atomic mass is 10.2. The number of ether oxygens (including phenoxy) is 1. The molecule has 0 radical (unpaired) electrons. The summed E-state index contributed by atoms with van der Waals surface area (Å²) in [5.41, 5.74) is 2.05. The van der Waals surface area contributed by atoms with Gasteiger partial charge in [-0.2, -0.15) is 0 Å². The van der Waals surface area contributed by atoms with Gasteiger partial charge in [-0.15, -0.1) is 0 Å². The van der Waals surface area contributed by atoms with Crippen LogP contribution in [0.3, 0.4) is 0 Å². The van der Waals surface area contributed by atoms with Gasteiger partial charge in [0.1, 0.15) is 5.75 Å². The number of benzene rings is 2. The molecule has 1 heterocycles. The summed E-state index contributed by atoms with van der Waals surface area (Å²) in [6.45, 7) is 4.09. The average molecular weight is 379 g/mol. The molecule has 0 bridgehead atoms. The standard InChI is InChI=1S/C22H25N3O3/c1-2-28-18-12-9-17(10-13-18)11-14-21(26)23-19-7-3-4-8-20(19)24-22(27)25-15-5-6-16-25/h3-4,7-14H,2,5-6,15-16H2,1H3,(H,23,26)(H,24,27)/b14-11+. The van der Waals surface area contributed by atoms with E-state index in [0.717, 1.165) is 37.2 Å². The molecule has 6 nitrogen and oxygen atoms in total. The SMILES string of the molecule is CCOc1ccc(/C=C/C(=O)Nc2ccccc2NC(=O)N2CCCC2)cc1. The molecule has 3 amide bonds. The number of urea groups is 1. The number of carbonyl (C=O) groups is 2. The normalized spacial score (nSPS) is 13.5. The minimum atomic E-state index is -0.267. The molecule has 146 valence electrons. The molecule has 0 aromatic heterocycles. The van der Waals surface area contributed by atoms with E-state index >= 15 is 0 Å². The molecule has 28 heavy (non-hydrogen) atoms. The van der Waals surface area contributed by atoms with E-state index in [4.69, 9.17) is 4.74 Å². The maximum absolute atomic E-state index is 12.3. The molecule has 1 aliphatic rings. The van der Waals surface area contributed by atoms with Crippen molar-refractivity contribution in [2.24, 2.45) is 0 Å². The predicted octanol–water partition coefficient (Wildman–Crippen LogP) is 4.36. The number of likely N-dealkylation sites (tertiary alicyclic amines) is 1. The van der Waals surface area contributed by atoms with Crippen molar-refractivity contribution in [1.29, 1.82) is 0 Å². The maximum Gasteiger partial charge on any atom is 0.321 e. The van der Waals surface area contributed by atoms with Crippen molar-refractivity contribution in [2.45, 2.75) is 19.8 Å². The Labute approximate surface area is 165 Å². The van der Waals surface area contributed by atoms with E-state index in [0.29, 0.717) is 18.0 Å². The highest BCUT2D eigenvalue weighted by Gasteiger charge is 2.18. The highest BCUT2D eigenvalue weighted by molar-refractivity contribution is 6.05. The summed E-state index contributed by atoms with van der Waals surface area (Å²) in [4.78, 5) is 26.4. The largest absolute Gasteiger partial charge is 0.494 e. The van der Waals surface area contributed by atoms with Gasteiger partial charge in [-0.1, -0.05) is 24.3 Å². The van der Waals surface area contributed by atoms with Crippen LogP contribution >= 0.6 is 0 Å². The molecule has 1 aliphatic heterocycles. The molecule has 2 N–H and O–H groups in total. The third-order valence-electron chi connectivity index (χ3n) is 4.44. The van der Waals surface area contributed by atoms with Crippen LogP contribution in [0.15, 0.2) is 54.6 Å². The number of amides is 3. The molecule has 0 aliphatic carbocycles. The van der Waals surface area contributed by atoms with E-state index in [1.807, 2.05) is 43.3 Å². The predicted molar refractivity (Wildman–Crippen MR) is 112 cm³/mol. The number of nitrogens with zero attached hydrogens (tertiary/aromatic N) is 1. The van der Waals surface area contributed by atoms with E-state index in [1.54, 1.807) is 23.1 Å². The first-order valence-corrected chi connectivity index (χ1v) is 9.52. The second kappa shape index (κ2) is 9.60. The molecule has 1 fully saturated rings. The van der Waals surface area contributed by atoms with Gasteiger partial charge in [0.15, 0.2) is 0 Å². The lowest BCUT2D eigenvalue weighted by molar-refractivity contribution is -0.111. The number of rotatable bonds is 6. The van der Waals surface area contributed by atoms with Crippen LogP contribution in [0, 0.1) is 0 Å². The van der Waals surface area contributed by atoms with Gasteiger partial charge in [-0.25, -0.2) is 4.79 Å². The van der Waals surface area contributed by atoms with Crippen molar-refractivity contribution in [3.8, 4) is 5.75 Å². The second-order valence-electron chi connectivity index (χ2n) is 6.49. The summed E-state index contributed by atoms with van der Waals surface area (Å²) >= 11 is 0. The number of nitrogens with one attached hydrogen (secondary N) is 2. The quantitative estimate of drug-likeness (QED) is 0.733. The molecule has 0 saturated carbocycles. The van der Waals surface area contributed by atoms with Crippen LogP contribution in [-0.4, -0.2) is 36.5 Å². The molecule has 1 saturated heterocycles. The van der Waals surface area contributed by atoms with E-state index in [9.17, 15) is 9.59 Å². The number of anilines is 2. The van der Waals surface area contributed by atoms with Crippen LogP contribution in [0.4, 0.5) is 16.2 Å². The van der Waals surface area contributed by atoms with Crippen LogP contribution < -0.4 is 15.4 Å². The Morgan fingerprint density at radius 1 is 1.00 bits per heavy atom. The Morgan fingerprint density at radius 2 is 1.64 bits per heavy atom. The Hall–Kier alpha value is -3.28. The lowest BCUT2D eigenvalue weighted by Crippen LogP contribution is -2.32. The fourth-order valence-electron chi connectivity index (χ4n) is 3.00. The average Bonchev–Trinajstić information content (AvgIpc) is 3.24. The molecule has 0 unspecified atom stereocenters. The summed E-state index contributed by atoms with van der Waals surface area (Å²) in [5.74, 6) is 0.531. The fraction of sp³-hybridized carbons (Fsp3) is 0.273. The number of hydrogen-bond donors (Lipinski definition) is 2. The number of para-hydroxylation sites is 2. The van der Waals surface area contributed by atoms with Gasteiger partial charge in [0, 0.05) is 19.2 Å². The molecule has 2 aromatic carbocycles. The Morgan fingerprint density at radius 3 is 2.29 bits per heavy atom. The zero-order chi connectivity index (χ0) is 19.8. The first-order chi connectivity index (χ1) is 13.7. The van der Waals surface area contributed by atoms with Crippen molar-refractivity contribution in [3.05, 3.63) is 60.2 Å². The van der Waals surface area contributed by atoms with Crippen LogP contribution in [0.2, 0.25) is 0 Å². The van der Waals surface area contributed by atoms with Crippen molar-refractivity contribution in [2.75, 3.05) is 30.3 Å². The maximum atomic E-state index is 12.3. The Balaban J connectivity index is 1.61. The zero-order valence-corrected chi connectivity index (χ0v) is 16.0. The first-order valence-electron chi connectivity index (χ1n) is 9.52. The Bertz CT molecular complexity index is 840. The van der Waals surface area contributed by atoms with Crippen molar-refractivity contribution < 1.29 is 14.3 Å². The summed E-state index contributed by atoms with van der Waals surface area (Å²) in [6, 6.07) is 14.6. The second-order valence-corrected chi connectivity index (χ2v) is 6.49. The highest BCUT2D eigenvalue weighted by atomic mass is 16.5. The Kier molecular flexibility index (Phi) is 6.68. The minimum Gasteiger partial charge on any atom is -0.494 e. The van der Waals surface area contributed by atoms with E-state index in [2.05, 4.69) is 10.6 Å². The topological polar surface area (TPSA) is 70.7 Å². The van der Waals surface area contributed by atoms with Gasteiger partial charge in [-0.05, 0) is 55.7 Å². The van der Waals surface area contributed by atoms with Gasteiger partial charge in [0.2, 0.25) is 5.91 Å². The van der Waals surface area contributed by atoms with E-state index < -0.39 is 0 Å². The third-order valence-corrected chi connectivity index (χ3v) is 4.44. The van der Waals surface area contributed by atoms with Crippen molar-refractivity contribution in [1.82, 2.24) is 4.90 Å². The smallest absolute Gasteiger partial charge is 0.321 e. The zero-order valence-electron chi connectivity index (χ0n) is 16.0. The lowest BCUT2D eigenvalue weighted by Gasteiger charge is -2.18. The van der Waals surface area contributed by atoms with Gasteiger partial charge >= 0.3 is 6.03 Å². The molecular formula is C22H25N3O3. The van der Waals surface area contributed by atoms with Crippen molar-refractivity contribution >= 4 is 29.4 Å². The van der Waals surface area contributed by atoms with Gasteiger partial charge < -0.3 is 20.3 Å². The van der Waals surface area contributed by atoms with Gasteiger partial charge in [0.05, 0.1) is 18.0 Å². The van der Waals surface area contributed by atoms with Crippen LogP contribution in [0.5, 0.6) is 5.75 Å². The van der Waals surface area contributed by atoms with Crippen LogP contribution in [0.1, 0.15) is 25.3 Å². The fourth-order valence-corrected chi connectivity index (χ4v) is 3.00. The molecule has 0 atom stereocenters. The number of hydrogen-bond acceptors (Lipinski definition) is 3. The van der Waals surface area contributed by atoms with Gasteiger partial charge in [-0.3, -0.25) is 4.79 Å². The van der Waals surface area contributed by atoms with Gasteiger partial charge in [0.25, 0.3) is 0 Å². The summed E-state index contributed by atoms with van der Waals surface area (Å²) < 4.78 is 5.41. The van der Waals surface area contributed by atoms with Crippen LogP contribution in [-0.2, 0) is 4.79 Å². The summed E-state index contributed by atoms with van der Waals surface area (Å²) in [6.07, 6.45) is 5.26. The van der Waals surface area contributed by atoms with Crippen LogP contribution in [0.25, 0.3) is 6.08 Å². The van der Waals surface area contributed by atoms with E-state index in [1.165, 1.54) is 6.08 Å². The molecule has 2 aromatic rings. The molecule has 0 spiro atoms. The number of carbonyl (C=O) groups excluding carboxylic acids is 2. The monoisotopic (exact) mass is 379 g/mol. The van der Waals surface area contributed by atoms with Crippen molar-refractivity contribution in [3.63, 3.8) is 0 Å². The molecule has 6 heteroatoms. The third kappa shape index (κ3) is 5.36. The summed E-state index contributed by atoms with van der Waals surface area (Å²) in [7, 11) is 0. The first kappa shape index (κ1) is 19.5. The minimum absolute atomic E-state index is 0.135.